The zero-order valence-electron chi connectivity index (χ0n) is 23.2. The molecule has 3 heterocycles. The van der Waals surface area contributed by atoms with Crippen LogP contribution in [-0.4, -0.2) is 110 Å². The number of benzene rings is 2. The SMILES string of the molecule is N#C/C(=C\c1ccc(-c2ccc3cc(NCCN4CCOCC4)ccc3c2)o1)S(=O)(=O)N[C@H]1C(O)O[C@H](CO)[C@@H](O)[C@@H]1O. The molecule has 0 saturated carbocycles. The van der Waals surface area contributed by atoms with Gasteiger partial charge < -0.3 is 39.6 Å². The smallest absolute Gasteiger partial charge is 0.251 e. The zero-order valence-corrected chi connectivity index (χ0v) is 24.0. The molecule has 2 fully saturated rings. The molecule has 14 heteroatoms. The molecule has 230 valence electrons. The molecule has 13 nitrogen and oxygen atoms in total. The lowest BCUT2D eigenvalue weighted by molar-refractivity contribution is -0.251. The van der Waals surface area contributed by atoms with E-state index in [1.54, 1.807) is 12.1 Å². The Kier molecular flexibility index (Phi) is 9.77. The number of allylic oxidation sites excluding steroid dienone is 1. The molecule has 0 radical (unpaired) electrons. The molecule has 2 saturated heterocycles. The van der Waals surface area contributed by atoms with Crippen LogP contribution < -0.4 is 10.0 Å². The first-order valence-corrected chi connectivity index (χ1v) is 15.3. The van der Waals surface area contributed by atoms with Gasteiger partial charge in [-0.3, -0.25) is 4.90 Å². The molecule has 0 bridgehead atoms. The fourth-order valence-corrected chi connectivity index (χ4v) is 6.18. The maximum Gasteiger partial charge on any atom is 0.251 e. The van der Waals surface area contributed by atoms with Crippen molar-refractivity contribution in [1.82, 2.24) is 9.62 Å². The van der Waals surface area contributed by atoms with Crippen molar-refractivity contribution in [2.24, 2.45) is 0 Å². The van der Waals surface area contributed by atoms with Crippen LogP contribution in [0, 0.1) is 11.3 Å². The van der Waals surface area contributed by atoms with Gasteiger partial charge in [-0.1, -0.05) is 18.2 Å². The predicted octanol–water partition coefficient (Wildman–Crippen LogP) is 0.428. The summed E-state index contributed by atoms with van der Waals surface area (Å²) in [5.41, 5.74) is 1.76. The third-order valence-corrected chi connectivity index (χ3v) is 8.85. The Labute approximate surface area is 248 Å². The predicted molar refractivity (Wildman–Crippen MR) is 157 cm³/mol. The number of hydrogen-bond acceptors (Lipinski definition) is 12. The number of ether oxygens (including phenoxy) is 2. The average Bonchev–Trinajstić information content (AvgIpc) is 3.49. The van der Waals surface area contributed by atoms with Crippen LogP contribution in [0.5, 0.6) is 0 Å². The van der Waals surface area contributed by atoms with Gasteiger partial charge in [-0.15, -0.1) is 0 Å². The van der Waals surface area contributed by atoms with Gasteiger partial charge in [-0.05, 0) is 41.1 Å². The van der Waals surface area contributed by atoms with Crippen LogP contribution in [0.25, 0.3) is 28.2 Å². The zero-order chi connectivity index (χ0) is 30.6. The number of sulfonamides is 1. The van der Waals surface area contributed by atoms with Gasteiger partial charge in [0.05, 0.1) is 19.8 Å². The van der Waals surface area contributed by atoms with Crippen molar-refractivity contribution >= 4 is 32.6 Å². The molecular weight excluding hydrogens is 580 g/mol. The van der Waals surface area contributed by atoms with Crippen molar-refractivity contribution in [3.8, 4) is 17.4 Å². The molecule has 3 aromatic rings. The van der Waals surface area contributed by atoms with E-state index in [-0.39, 0.29) is 5.76 Å². The molecule has 5 rings (SSSR count). The van der Waals surface area contributed by atoms with Gasteiger partial charge in [-0.25, -0.2) is 8.42 Å². The van der Waals surface area contributed by atoms with Gasteiger partial charge in [0, 0.05) is 43.5 Å². The van der Waals surface area contributed by atoms with Gasteiger partial charge in [0.2, 0.25) is 0 Å². The number of hydrogen-bond donors (Lipinski definition) is 6. The molecule has 1 aromatic heterocycles. The number of furan rings is 1. The van der Waals surface area contributed by atoms with E-state index in [4.69, 9.17) is 13.9 Å². The highest BCUT2D eigenvalue weighted by Crippen LogP contribution is 2.29. The highest BCUT2D eigenvalue weighted by molar-refractivity contribution is 7.93. The first-order chi connectivity index (χ1) is 20.7. The summed E-state index contributed by atoms with van der Waals surface area (Å²) in [4.78, 5) is 1.61. The van der Waals surface area contributed by atoms with Gasteiger partial charge in [0.1, 0.15) is 41.9 Å². The molecule has 5 atom stereocenters. The highest BCUT2D eigenvalue weighted by Gasteiger charge is 2.45. The van der Waals surface area contributed by atoms with E-state index >= 15 is 0 Å². The lowest BCUT2D eigenvalue weighted by atomic mass is 9.98. The minimum absolute atomic E-state index is 0.0817. The first-order valence-electron chi connectivity index (χ1n) is 13.8. The maximum absolute atomic E-state index is 12.9. The van der Waals surface area contributed by atoms with Gasteiger partial charge in [0.25, 0.3) is 10.0 Å². The normalized spacial score (nSPS) is 25.5. The van der Waals surface area contributed by atoms with Crippen molar-refractivity contribution in [3.05, 3.63) is 59.2 Å². The Balaban J connectivity index is 1.26. The van der Waals surface area contributed by atoms with Gasteiger partial charge in [-0.2, -0.15) is 9.98 Å². The number of nitrogens with one attached hydrogen (secondary N) is 2. The quantitative estimate of drug-likeness (QED) is 0.173. The van der Waals surface area contributed by atoms with Crippen molar-refractivity contribution in [3.63, 3.8) is 0 Å². The Hall–Kier alpha value is -3.36. The number of rotatable bonds is 10. The second kappa shape index (κ2) is 13.5. The van der Waals surface area contributed by atoms with Crippen LogP contribution in [0.3, 0.4) is 0 Å². The standard InChI is InChI=1S/C29H34N4O9S/c30-16-23(43(38,39)32-26-28(36)27(35)25(17-34)42-29(26)37)15-22-5-6-24(41-22)20-2-1-19-14-21(4-3-18(19)13-20)31-7-8-33-9-11-40-12-10-33/h1-6,13-15,25-29,31-32,34-37H,7-12,17H2/b23-15+/t25-,26-,27-,28-,29?/m1/s1. The molecule has 2 aliphatic rings. The van der Waals surface area contributed by atoms with E-state index in [9.17, 15) is 34.1 Å². The van der Waals surface area contributed by atoms with Crippen LogP contribution in [0.1, 0.15) is 5.76 Å². The van der Waals surface area contributed by atoms with Gasteiger partial charge in [0.15, 0.2) is 11.2 Å². The fraction of sp³-hybridized carbons (Fsp3) is 0.414. The number of fused-ring (bicyclic) bond motifs is 1. The number of nitriles is 1. The average molecular weight is 615 g/mol. The number of morpholine rings is 1. The van der Waals surface area contributed by atoms with Gasteiger partial charge >= 0.3 is 0 Å². The summed E-state index contributed by atoms with van der Waals surface area (Å²) in [5.74, 6) is 0.534. The van der Waals surface area contributed by atoms with Crippen LogP contribution in [0.4, 0.5) is 5.69 Å². The summed E-state index contributed by atoms with van der Waals surface area (Å²) in [6.45, 7) is 4.48. The summed E-state index contributed by atoms with van der Waals surface area (Å²) in [6.07, 6.45) is -5.65. The molecule has 2 aliphatic heterocycles. The maximum atomic E-state index is 12.9. The van der Waals surface area contributed by atoms with Crippen LogP contribution in [0.15, 0.2) is 57.9 Å². The summed E-state index contributed by atoms with van der Waals surface area (Å²) in [7, 11) is -4.58. The van der Waals surface area contributed by atoms with Crippen molar-refractivity contribution in [2.75, 3.05) is 51.3 Å². The summed E-state index contributed by atoms with van der Waals surface area (Å²) < 4.78 is 44.0. The second-order valence-corrected chi connectivity index (χ2v) is 12.0. The van der Waals surface area contributed by atoms with Crippen LogP contribution in [-0.2, 0) is 19.5 Å². The van der Waals surface area contributed by atoms with Crippen LogP contribution in [0.2, 0.25) is 0 Å². The third kappa shape index (κ3) is 7.24. The Bertz CT molecular complexity index is 1600. The lowest BCUT2D eigenvalue weighted by Crippen LogP contribution is -2.64. The molecule has 0 amide bonds. The topological polar surface area (TPSA) is 198 Å². The summed E-state index contributed by atoms with van der Waals surface area (Å²) >= 11 is 0. The second-order valence-electron chi connectivity index (χ2n) is 10.4. The third-order valence-electron chi connectivity index (χ3n) is 7.48. The number of aliphatic hydroxyl groups excluding tert-OH is 4. The minimum atomic E-state index is -4.58. The number of aliphatic hydroxyl groups is 4. The Morgan fingerprint density at radius 3 is 2.53 bits per heavy atom. The van der Waals surface area contributed by atoms with Crippen molar-refractivity contribution in [2.45, 2.75) is 30.6 Å². The molecule has 0 aliphatic carbocycles. The molecule has 6 N–H and O–H groups in total. The molecule has 43 heavy (non-hydrogen) atoms. The van der Waals surface area contributed by atoms with E-state index in [2.05, 4.69) is 16.3 Å². The number of nitrogens with zero attached hydrogens (tertiary/aromatic N) is 2. The lowest BCUT2D eigenvalue weighted by Gasteiger charge is -2.40. The molecular formula is C29H34N4O9S. The monoisotopic (exact) mass is 614 g/mol. The largest absolute Gasteiger partial charge is 0.457 e. The van der Waals surface area contributed by atoms with Crippen molar-refractivity contribution < 1.29 is 42.7 Å². The molecule has 1 unspecified atom stereocenters. The van der Waals surface area contributed by atoms with E-state index in [0.717, 1.165) is 67.5 Å². The Morgan fingerprint density at radius 2 is 1.79 bits per heavy atom. The van der Waals surface area contributed by atoms with E-state index in [0.29, 0.717) is 5.76 Å². The summed E-state index contributed by atoms with van der Waals surface area (Å²) in [6, 6.07) is 14.9. The van der Waals surface area contributed by atoms with E-state index < -0.39 is 52.2 Å². The van der Waals surface area contributed by atoms with Crippen molar-refractivity contribution in [1.29, 1.82) is 5.26 Å². The fourth-order valence-electron chi connectivity index (χ4n) is 5.04. The first kappa shape index (κ1) is 31.1. The van der Waals surface area contributed by atoms with Crippen LogP contribution >= 0.6 is 0 Å². The van der Waals surface area contributed by atoms with E-state index in [1.165, 1.54) is 6.07 Å². The van der Waals surface area contributed by atoms with E-state index in [1.807, 2.05) is 35.1 Å². The molecule has 2 aromatic carbocycles. The molecule has 0 spiro atoms. The highest BCUT2D eigenvalue weighted by atomic mass is 32.2. The minimum Gasteiger partial charge on any atom is -0.457 e. The number of anilines is 1. The summed E-state index contributed by atoms with van der Waals surface area (Å²) in [5, 5.41) is 54.7. The Morgan fingerprint density at radius 1 is 1.05 bits per heavy atom.